The Morgan fingerprint density at radius 3 is 2.45 bits per heavy atom. The average Bonchev–Trinajstić information content (AvgIpc) is 2.41. The van der Waals surface area contributed by atoms with Crippen molar-refractivity contribution in [3.63, 3.8) is 0 Å². The zero-order chi connectivity index (χ0) is 16.3. The van der Waals surface area contributed by atoms with Crippen molar-refractivity contribution in [3.8, 4) is 0 Å². The van der Waals surface area contributed by atoms with Gasteiger partial charge in [-0.2, -0.15) is 0 Å². The van der Waals surface area contributed by atoms with Crippen LogP contribution < -0.4 is 0 Å². The fraction of sp³-hybridized carbons (Fsp3) is 0.900. The van der Waals surface area contributed by atoms with Crippen molar-refractivity contribution in [2.75, 3.05) is 0 Å². The molecule has 2 fully saturated rings. The molecule has 0 unspecified atom stereocenters. The van der Waals surface area contributed by atoms with E-state index in [1.165, 1.54) is 19.3 Å². The van der Waals surface area contributed by atoms with Crippen molar-refractivity contribution in [1.29, 1.82) is 0 Å². The van der Waals surface area contributed by atoms with E-state index in [0.717, 1.165) is 24.8 Å². The van der Waals surface area contributed by atoms with E-state index in [-0.39, 0.29) is 12.0 Å². The minimum absolute atomic E-state index is 0.210. The second-order valence-electron chi connectivity index (χ2n) is 9.53. The SMILES string of the molecule is CC(C)[C@]1(O)C=C2[C@H](O)C[C@H]3C(C)(C)CCC[C@]3(C)[C@H]2CC1. The van der Waals surface area contributed by atoms with Crippen molar-refractivity contribution in [2.24, 2.45) is 28.6 Å². The monoisotopic (exact) mass is 306 g/mol. The van der Waals surface area contributed by atoms with Gasteiger partial charge in [0, 0.05) is 0 Å². The molecule has 0 heterocycles. The zero-order valence-corrected chi connectivity index (χ0v) is 15.0. The summed E-state index contributed by atoms with van der Waals surface area (Å²) in [5.74, 6) is 1.26. The molecule has 2 nitrogen and oxygen atoms in total. The lowest BCUT2D eigenvalue weighted by molar-refractivity contribution is -0.0976. The lowest BCUT2D eigenvalue weighted by Crippen LogP contribution is -2.55. The van der Waals surface area contributed by atoms with E-state index in [4.69, 9.17) is 0 Å². The fourth-order valence-electron chi connectivity index (χ4n) is 6.03. The molecule has 0 amide bonds. The lowest BCUT2D eigenvalue weighted by Gasteiger charge is -2.60. The second kappa shape index (κ2) is 5.08. The number of hydrogen-bond donors (Lipinski definition) is 2. The van der Waals surface area contributed by atoms with Crippen LogP contribution in [0, 0.1) is 28.6 Å². The van der Waals surface area contributed by atoms with Gasteiger partial charge in [0.15, 0.2) is 0 Å². The van der Waals surface area contributed by atoms with E-state index >= 15 is 0 Å². The predicted molar refractivity (Wildman–Crippen MR) is 90.4 cm³/mol. The third-order valence-electron chi connectivity index (χ3n) is 7.57. The van der Waals surface area contributed by atoms with Gasteiger partial charge in [0.2, 0.25) is 0 Å². The van der Waals surface area contributed by atoms with Gasteiger partial charge in [-0.25, -0.2) is 0 Å². The highest BCUT2D eigenvalue weighted by Crippen LogP contribution is 2.63. The zero-order valence-electron chi connectivity index (χ0n) is 15.0. The molecule has 2 heteroatoms. The molecule has 126 valence electrons. The Hall–Kier alpha value is -0.340. The number of hydrogen-bond acceptors (Lipinski definition) is 2. The molecule has 0 aliphatic heterocycles. The lowest BCUT2D eigenvalue weighted by atomic mass is 9.45. The minimum atomic E-state index is -0.722. The highest BCUT2D eigenvalue weighted by molar-refractivity contribution is 5.29. The van der Waals surface area contributed by atoms with E-state index in [1.54, 1.807) is 0 Å². The first-order valence-electron chi connectivity index (χ1n) is 9.23. The summed E-state index contributed by atoms with van der Waals surface area (Å²) in [5.41, 5.74) is 1.05. The van der Waals surface area contributed by atoms with Gasteiger partial charge in [-0.1, -0.05) is 47.1 Å². The summed E-state index contributed by atoms with van der Waals surface area (Å²) in [6.45, 7) is 11.4. The molecule has 0 radical (unpaired) electrons. The Bertz CT molecular complexity index is 478. The maximum atomic E-state index is 10.9. The Labute approximate surface area is 136 Å². The molecule has 0 bridgehead atoms. The quantitative estimate of drug-likeness (QED) is 0.709. The smallest absolute Gasteiger partial charge is 0.0854 e. The molecule has 5 atom stereocenters. The Morgan fingerprint density at radius 1 is 1.14 bits per heavy atom. The highest BCUT2D eigenvalue weighted by Gasteiger charge is 2.57. The predicted octanol–water partition coefficient (Wildman–Crippen LogP) is 4.31. The number of aliphatic hydroxyl groups is 2. The first kappa shape index (κ1) is 16.5. The molecular weight excluding hydrogens is 272 g/mol. The van der Waals surface area contributed by atoms with Gasteiger partial charge >= 0.3 is 0 Å². The first-order valence-corrected chi connectivity index (χ1v) is 9.23. The molecule has 2 N–H and O–H groups in total. The summed E-state index contributed by atoms with van der Waals surface area (Å²) in [4.78, 5) is 0. The van der Waals surface area contributed by atoms with Crippen LogP contribution in [0.1, 0.15) is 73.1 Å². The van der Waals surface area contributed by atoms with Crippen LogP contribution in [0.5, 0.6) is 0 Å². The molecule has 0 saturated heterocycles. The van der Waals surface area contributed by atoms with Gasteiger partial charge in [-0.3, -0.25) is 0 Å². The van der Waals surface area contributed by atoms with Crippen LogP contribution in [-0.4, -0.2) is 21.9 Å². The summed E-state index contributed by atoms with van der Waals surface area (Å²) >= 11 is 0. The van der Waals surface area contributed by atoms with E-state index in [1.807, 2.05) is 0 Å². The van der Waals surface area contributed by atoms with Gasteiger partial charge in [0.1, 0.15) is 0 Å². The Balaban J connectivity index is 2.01. The van der Waals surface area contributed by atoms with Crippen LogP contribution in [-0.2, 0) is 0 Å². The van der Waals surface area contributed by atoms with Gasteiger partial charge in [-0.05, 0) is 66.3 Å². The molecule has 0 spiro atoms. The first-order chi connectivity index (χ1) is 10.1. The summed E-state index contributed by atoms with van der Waals surface area (Å²) in [6.07, 6.45) is 8.30. The molecule has 0 aromatic rings. The summed E-state index contributed by atoms with van der Waals surface area (Å²) < 4.78 is 0. The van der Waals surface area contributed by atoms with Crippen LogP contribution in [0.15, 0.2) is 11.6 Å². The molecule has 3 rings (SSSR count). The molecule has 3 aliphatic carbocycles. The standard InChI is InChI=1S/C20H34O2/c1-13(2)20(22)10-7-15-14(12-20)16(21)11-17-18(3,4)8-6-9-19(15,17)5/h12-13,15-17,21-22H,6-11H2,1-5H3/t15-,16+,17-,19+,20+/m0/s1. The minimum Gasteiger partial charge on any atom is -0.389 e. The molecule has 0 aromatic heterocycles. The third-order valence-corrected chi connectivity index (χ3v) is 7.57. The van der Waals surface area contributed by atoms with Crippen molar-refractivity contribution >= 4 is 0 Å². The van der Waals surface area contributed by atoms with E-state index in [0.29, 0.717) is 22.7 Å². The largest absolute Gasteiger partial charge is 0.389 e. The van der Waals surface area contributed by atoms with Gasteiger partial charge in [-0.15, -0.1) is 0 Å². The Morgan fingerprint density at radius 2 is 1.82 bits per heavy atom. The third kappa shape index (κ3) is 2.29. The van der Waals surface area contributed by atoms with Gasteiger partial charge < -0.3 is 10.2 Å². The van der Waals surface area contributed by atoms with Crippen molar-refractivity contribution < 1.29 is 10.2 Å². The van der Waals surface area contributed by atoms with Crippen LogP contribution in [0.4, 0.5) is 0 Å². The number of aliphatic hydroxyl groups excluding tert-OH is 1. The normalized spacial score (nSPS) is 47.6. The second-order valence-corrected chi connectivity index (χ2v) is 9.53. The fourth-order valence-corrected chi connectivity index (χ4v) is 6.03. The molecule has 22 heavy (non-hydrogen) atoms. The van der Waals surface area contributed by atoms with Crippen LogP contribution in [0.2, 0.25) is 0 Å². The summed E-state index contributed by atoms with van der Waals surface area (Å²) in [5, 5.41) is 21.7. The number of rotatable bonds is 1. The highest BCUT2D eigenvalue weighted by atomic mass is 16.3. The van der Waals surface area contributed by atoms with Crippen molar-refractivity contribution in [2.45, 2.75) is 84.8 Å². The van der Waals surface area contributed by atoms with Crippen LogP contribution in [0.3, 0.4) is 0 Å². The van der Waals surface area contributed by atoms with Crippen LogP contribution >= 0.6 is 0 Å². The molecule has 0 aromatic carbocycles. The topological polar surface area (TPSA) is 40.5 Å². The van der Waals surface area contributed by atoms with Gasteiger partial charge in [0.05, 0.1) is 11.7 Å². The summed E-state index contributed by atoms with van der Waals surface area (Å²) in [6, 6.07) is 0. The molecular formula is C20H34O2. The summed E-state index contributed by atoms with van der Waals surface area (Å²) in [7, 11) is 0. The van der Waals surface area contributed by atoms with Crippen LogP contribution in [0.25, 0.3) is 0 Å². The van der Waals surface area contributed by atoms with E-state index in [2.05, 4.69) is 40.7 Å². The maximum Gasteiger partial charge on any atom is 0.0854 e. The molecule has 3 aliphatic rings. The Kier molecular flexibility index (Phi) is 3.81. The molecule has 2 saturated carbocycles. The average molecular weight is 306 g/mol. The van der Waals surface area contributed by atoms with Crippen molar-refractivity contribution in [1.82, 2.24) is 0 Å². The number of fused-ring (bicyclic) bond motifs is 3. The van der Waals surface area contributed by atoms with E-state index < -0.39 is 5.60 Å². The van der Waals surface area contributed by atoms with E-state index in [9.17, 15) is 10.2 Å². The van der Waals surface area contributed by atoms with Crippen molar-refractivity contribution in [3.05, 3.63) is 11.6 Å². The van der Waals surface area contributed by atoms with Gasteiger partial charge in [0.25, 0.3) is 0 Å². The maximum absolute atomic E-state index is 10.9.